The standard InChI is InChI=1S/C18H24ClFN2O3S/c19-15-9-4-10-16(17(15)20)26(24,25)22-11-5-8-14(12-22)21-18(23)13-6-2-1-3-7-13/h4,9-10,13-14H,1-3,5-8,11-12H2,(H,21,23)/t14-/m0/s1. The largest absolute Gasteiger partial charge is 0.352 e. The van der Waals surface area contributed by atoms with Crippen molar-refractivity contribution >= 4 is 27.5 Å². The summed E-state index contributed by atoms with van der Waals surface area (Å²) in [6.07, 6.45) is 6.45. The lowest BCUT2D eigenvalue weighted by atomic mass is 9.88. The normalized spacial score (nSPS) is 22.9. The summed E-state index contributed by atoms with van der Waals surface area (Å²) in [6.45, 7) is 0.469. The summed E-state index contributed by atoms with van der Waals surface area (Å²) in [6, 6.07) is 3.72. The Morgan fingerprint density at radius 3 is 2.62 bits per heavy atom. The van der Waals surface area contributed by atoms with Crippen molar-refractivity contribution in [2.24, 2.45) is 5.92 Å². The minimum atomic E-state index is -3.99. The number of amides is 1. The van der Waals surface area contributed by atoms with Crippen LogP contribution in [0.2, 0.25) is 5.02 Å². The highest BCUT2D eigenvalue weighted by Crippen LogP contribution is 2.28. The zero-order valence-corrected chi connectivity index (χ0v) is 16.2. The molecule has 1 saturated carbocycles. The molecule has 0 radical (unpaired) electrons. The number of carbonyl (C=O) groups excluding carboxylic acids is 1. The number of hydrogen-bond acceptors (Lipinski definition) is 3. The Kier molecular flexibility index (Phi) is 6.20. The van der Waals surface area contributed by atoms with E-state index in [1.807, 2.05) is 0 Å². The van der Waals surface area contributed by atoms with Gasteiger partial charge >= 0.3 is 0 Å². The molecule has 1 aliphatic carbocycles. The molecule has 144 valence electrons. The van der Waals surface area contributed by atoms with Crippen molar-refractivity contribution < 1.29 is 17.6 Å². The molecule has 1 aromatic rings. The van der Waals surface area contributed by atoms with Gasteiger partial charge in [-0.05, 0) is 37.8 Å². The Balaban J connectivity index is 1.69. The van der Waals surface area contributed by atoms with Gasteiger partial charge in [0.25, 0.3) is 0 Å². The average molecular weight is 403 g/mol. The zero-order chi connectivity index (χ0) is 18.7. The van der Waals surface area contributed by atoms with Crippen molar-refractivity contribution in [3.63, 3.8) is 0 Å². The number of rotatable bonds is 4. The van der Waals surface area contributed by atoms with E-state index in [4.69, 9.17) is 11.6 Å². The first-order valence-corrected chi connectivity index (χ1v) is 11.0. The van der Waals surface area contributed by atoms with Crippen molar-refractivity contribution in [2.75, 3.05) is 13.1 Å². The fourth-order valence-electron chi connectivity index (χ4n) is 3.78. The summed E-state index contributed by atoms with van der Waals surface area (Å²) >= 11 is 5.73. The number of benzene rings is 1. The average Bonchev–Trinajstić information content (AvgIpc) is 2.65. The lowest BCUT2D eigenvalue weighted by Crippen LogP contribution is -2.50. The Morgan fingerprint density at radius 1 is 1.15 bits per heavy atom. The van der Waals surface area contributed by atoms with Crippen LogP contribution in [-0.2, 0) is 14.8 Å². The van der Waals surface area contributed by atoms with E-state index in [1.165, 1.54) is 28.9 Å². The predicted molar refractivity (Wildman–Crippen MR) is 97.9 cm³/mol. The van der Waals surface area contributed by atoms with Gasteiger partial charge in [0.05, 0.1) is 5.02 Å². The molecule has 1 aliphatic heterocycles. The van der Waals surface area contributed by atoms with Crippen LogP contribution < -0.4 is 5.32 Å². The lowest BCUT2D eigenvalue weighted by Gasteiger charge is -2.33. The Bertz CT molecular complexity index is 766. The second-order valence-corrected chi connectivity index (χ2v) is 9.41. The molecule has 1 atom stereocenters. The van der Waals surface area contributed by atoms with Crippen LogP contribution in [0.5, 0.6) is 0 Å². The van der Waals surface area contributed by atoms with E-state index in [0.29, 0.717) is 13.0 Å². The molecule has 0 spiro atoms. The Labute approximate surface area is 158 Å². The van der Waals surface area contributed by atoms with Gasteiger partial charge in [-0.3, -0.25) is 4.79 Å². The topological polar surface area (TPSA) is 66.5 Å². The molecule has 2 aliphatic rings. The first-order chi connectivity index (χ1) is 12.4. The molecule has 1 heterocycles. The van der Waals surface area contributed by atoms with Crippen LogP contribution in [0.4, 0.5) is 4.39 Å². The highest BCUT2D eigenvalue weighted by molar-refractivity contribution is 7.89. The maximum Gasteiger partial charge on any atom is 0.246 e. The van der Waals surface area contributed by atoms with E-state index in [-0.39, 0.29) is 29.4 Å². The molecule has 26 heavy (non-hydrogen) atoms. The molecule has 1 aromatic carbocycles. The van der Waals surface area contributed by atoms with E-state index < -0.39 is 20.7 Å². The number of hydrogen-bond donors (Lipinski definition) is 1. The maximum absolute atomic E-state index is 14.2. The molecule has 1 N–H and O–H groups in total. The quantitative estimate of drug-likeness (QED) is 0.840. The molecule has 8 heteroatoms. The highest BCUT2D eigenvalue weighted by atomic mass is 35.5. The van der Waals surface area contributed by atoms with Crippen LogP contribution >= 0.6 is 11.6 Å². The van der Waals surface area contributed by atoms with Gasteiger partial charge < -0.3 is 5.32 Å². The third-order valence-electron chi connectivity index (χ3n) is 5.24. The van der Waals surface area contributed by atoms with E-state index in [0.717, 1.165) is 32.1 Å². The molecule has 1 saturated heterocycles. The summed E-state index contributed by atoms with van der Waals surface area (Å²) in [5.74, 6) is -0.883. The third kappa shape index (κ3) is 4.21. The van der Waals surface area contributed by atoms with Crippen molar-refractivity contribution in [3.05, 3.63) is 29.0 Å². The minimum absolute atomic E-state index is 0.0166. The van der Waals surface area contributed by atoms with Gasteiger partial charge in [-0.2, -0.15) is 4.31 Å². The third-order valence-corrected chi connectivity index (χ3v) is 7.41. The fraction of sp³-hybridized carbons (Fsp3) is 0.611. The van der Waals surface area contributed by atoms with Gasteiger partial charge in [-0.1, -0.05) is 36.9 Å². The molecule has 5 nitrogen and oxygen atoms in total. The number of carbonyl (C=O) groups is 1. The molecule has 0 unspecified atom stereocenters. The SMILES string of the molecule is O=C(N[C@H]1CCCN(S(=O)(=O)c2cccc(Cl)c2F)C1)C1CCCCC1. The molecular weight excluding hydrogens is 379 g/mol. The van der Waals surface area contributed by atoms with Gasteiger partial charge in [0.1, 0.15) is 4.90 Å². The summed E-state index contributed by atoms with van der Waals surface area (Å²) in [5, 5.41) is 2.79. The molecule has 1 amide bonds. The summed E-state index contributed by atoms with van der Waals surface area (Å²) in [7, 11) is -3.99. The Morgan fingerprint density at radius 2 is 1.88 bits per heavy atom. The molecule has 0 aromatic heterocycles. The number of nitrogens with one attached hydrogen (secondary N) is 1. The molecule has 3 rings (SSSR count). The first-order valence-electron chi connectivity index (χ1n) is 9.14. The summed E-state index contributed by atoms with van der Waals surface area (Å²) in [5.41, 5.74) is 0. The van der Waals surface area contributed by atoms with Crippen LogP contribution in [0, 0.1) is 11.7 Å². The van der Waals surface area contributed by atoms with Crippen molar-refractivity contribution in [2.45, 2.75) is 55.9 Å². The highest BCUT2D eigenvalue weighted by Gasteiger charge is 2.34. The van der Waals surface area contributed by atoms with E-state index in [9.17, 15) is 17.6 Å². The van der Waals surface area contributed by atoms with Crippen LogP contribution in [0.1, 0.15) is 44.9 Å². The maximum atomic E-state index is 14.2. The summed E-state index contributed by atoms with van der Waals surface area (Å²) in [4.78, 5) is 12.0. The number of halogens is 2. The summed E-state index contributed by atoms with van der Waals surface area (Å²) < 4.78 is 41.1. The second-order valence-electron chi connectivity index (χ2n) is 7.10. The van der Waals surface area contributed by atoms with E-state index in [1.54, 1.807) is 0 Å². The molecule has 2 fully saturated rings. The van der Waals surface area contributed by atoms with Crippen LogP contribution in [0.3, 0.4) is 0 Å². The van der Waals surface area contributed by atoms with Crippen LogP contribution in [-0.4, -0.2) is 37.8 Å². The van der Waals surface area contributed by atoms with Crippen LogP contribution in [0.15, 0.2) is 23.1 Å². The molecular formula is C18H24ClFN2O3S. The van der Waals surface area contributed by atoms with Gasteiger partial charge in [-0.25, -0.2) is 12.8 Å². The second kappa shape index (κ2) is 8.23. The van der Waals surface area contributed by atoms with Gasteiger partial charge in [0.2, 0.25) is 15.9 Å². The lowest BCUT2D eigenvalue weighted by molar-refractivity contribution is -0.126. The predicted octanol–water partition coefficient (Wildman–Crippen LogP) is 3.33. The van der Waals surface area contributed by atoms with Gasteiger partial charge in [0.15, 0.2) is 5.82 Å². The Hall–Kier alpha value is -1.18. The first kappa shape index (κ1) is 19.6. The fourth-order valence-corrected chi connectivity index (χ4v) is 5.63. The van der Waals surface area contributed by atoms with Gasteiger partial charge in [-0.15, -0.1) is 0 Å². The van der Waals surface area contributed by atoms with Crippen molar-refractivity contribution in [1.29, 1.82) is 0 Å². The number of piperidine rings is 1. The smallest absolute Gasteiger partial charge is 0.246 e. The van der Waals surface area contributed by atoms with E-state index >= 15 is 0 Å². The minimum Gasteiger partial charge on any atom is -0.352 e. The number of sulfonamides is 1. The zero-order valence-electron chi connectivity index (χ0n) is 14.6. The van der Waals surface area contributed by atoms with Gasteiger partial charge in [0, 0.05) is 25.0 Å². The van der Waals surface area contributed by atoms with Crippen molar-refractivity contribution in [3.8, 4) is 0 Å². The monoisotopic (exact) mass is 402 g/mol. The number of nitrogens with zero attached hydrogens (tertiary/aromatic N) is 1. The van der Waals surface area contributed by atoms with E-state index in [2.05, 4.69) is 5.32 Å². The molecule has 0 bridgehead atoms. The van der Waals surface area contributed by atoms with Crippen LogP contribution in [0.25, 0.3) is 0 Å². The van der Waals surface area contributed by atoms with Crippen molar-refractivity contribution in [1.82, 2.24) is 9.62 Å².